The van der Waals surface area contributed by atoms with Gasteiger partial charge in [-0.2, -0.15) is 0 Å². The standard InChI is InChI=1S/C22H27N3O2S/c1-16(26)24-18-6-4-17(5-7-18)15-25-10-8-22(9-11-25)13-20(22)21(27)23-14-19-3-2-12-28-19/h2-7,12,20H,8-11,13-15H2,1H3,(H,23,27)(H,24,26)/t20-/m0/s1. The minimum Gasteiger partial charge on any atom is -0.351 e. The molecule has 1 saturated heterocycles. The van der Waals surface area contributed by atoms with Gasteiger partial charge >= 0.3 is 0 Å². The first kappa shape index (κ1) is 19.2. The molecule has 2 heterocycles. The summed E-state index contributed by atoms with van der Waals surface area (Å²) < 4.78 is 0. The van der Waals surface area contributed by atoms with Gasteiger partial charge in [-0.05, 0) is 66.9 Å². The van der Waals surface area contributed by atoms with E-state index in [0.29, 0.717) is 6.54 Å². The number of nitrogens with zero attached hydrogens (tertiary/aromatic N) is 1. The number of hydrogen-bond donors (Lipinski definition) is 2. The van der Waals surface area contributed by atoms with E-state index in [4.69, 9.17) is 0 Å². The topological polar surface area (TPSA) is 61.4 Å². The molecule has 0 unspecified atom stereocenters. The number of likely N-dealkylation sites (tertiary alicyclic amines) is 1. The monoisotopic (exact) mass is 397 g/mol. The molecule has 0 bridgehead atoms. The molecule has 6 heteroatoms. The summed E-state index contributed by atoms with van der Waals surface area (Å²) in [5, 5.41) is 7.96. The zero-order valence-corrected chi connectivity index (χ0v) is 17.1. The van der Waals surface area contributed by atoms with Crippen molar-refractivity contribution in [2.45, 2.75) is 39.3 Å². The van der Waals surface area contributed by atoms with E-state index >= 15 is 0 Å². The number of carbonyl (C=O) groups excluding carboxylic acids is 2. The van der Waals surface area contributed by atoms with Crippen LogP contribution in [-0.2, 0) is 22.7 Å². The fraction of sp³-hybridized carbons (Fsp3) is 0.455. The van der Waals surface area contributed by atoms with E-state index in [0.717, 1.165) is 44.6 Å². The molecule has 148 valence electrons. The Morgan fingerprint density at radius 1 is 1.18 bits per heavy atom. The Labute approximate surface area is 170 Å². The van der Waals surface area contributed by atoms with E-state index in [-0.39, 0.29) is 23.1 Å². The Bertz CT molecular complexity index is 824. The number of thiophene rings is 1. The number of hydrogen-bond acceptors (Lipinski definition) is 4. The van der Waals surface area contributed by atoms with Crippen LogP contribution in [0.3, 0.4) is 0 Å². The van der Waals surface area contributed by atoms with Gasteiger partial charge in [0.1, 0.15) is 0 Å². The number of carbonyl (C=O) groups is 2. The number of amides is 2. The largest absolute Gasteiger partial charge is 0.351 e. The van der Waals surface area contributed by atoms with Gasteiger partial charge in [0.25, 0.3) is 0 Å². The number of nitrogens with one attached hydrogen (secondary N) is 2. The van der Waals surface area contributed by atoms with E-state index in [9.17, 15) is 9.59 Å². The molecular weight excluding hydrogens is 370 g/mol. The van der Waals surface area contributed by atoms with Gasteiger partial charge < -0.3 is 10.6 Å². The van der Waals surface area contributed by atoms with Crippen molar-refractivity contribution >= 4 is 28.8 Å². The Hall–Kier alpha value is -2.18. The zero-order valence-electron chi connectivity index (χ0n) is 16.2. The molecule has 2 aromatic rings. The van der Waals surface area contributed by atoms with Crippen molar-refractivity contribution in [2.75, 3.05) is 18.4 Å². The van der Waals surface area contributed by atoms with Crippen LogP contribution in [0, 0.1) is 11.3 Å². The smallest absolute Gasteiger partial charge is 0.223 e. The second kappa shape index (κ2) is 8.05. The number of benzene rings is 1. The molecule has 5 nitrogen and oxygen atoms in total. The first-order valence-electron chi connectivity index (χ1n) is 9.93. The molecule has 2 N–H and O–H groups in total. The van der Waals surface area contributed by atoms with Gasteiger partial charge in [0.05, 0.1) is 6.54 Å². The lowest BCUT2D eigenvalue weighted by Crippen LogP contribution is -2.36. The van der Waals surface area contributed by atoms with Gasteiger partial charge in [-0.1, -0.05) is 18.2 Å². The van der Waals surface area contributed by atoms with Crippen LogP contribution >= 0.6 is 11.3 Å². The molecule has 2 aliphatic rings. The summed E-state index contributed by atoms with van der Waals surface area (Å²) >= 11 is 1.69. The van der Waals surface area contributed by atoms with E-state index < -0.39 is 0 Å². The van der Waals surface area contributed by atoms with Crippen LogP contribution in [0.2, 0.25) is 0 Å². The highest BCUT2D eigenvalue weighted by atomic mass is 32.1. The van der Waals surface area contributed by atoms with Crippen LogP contribution in [0.5, 0.6) is 0 Å². The molecule has 1 atom stereocenters. The van der Waals surface area contributed by atoms with Gasteiger partial charge in [-0.25, -0.2) is 0 Å². The van der Waals surface area contributed by atoms with Gasteiger partial charge in [0, 0.05) is 30.0 Å². The van der Waals surface area contributed by atoms with Crippen LogP contribution in [0.15, 0.2) is 41.8 Å². The summed E-state index contributed by atoms with van der Waals surface area (Å²) in [4.78, 5) is 27.3. The molecule has 2 amide bonds. The Kier molecular flexibility index (Phi) is 5.51. The third-order valence-electron chi connectivity index (χ3n) is 6.06. The summed E-state index contributed by atoms with van der Waals surface area (Å²) in [6, 6.07) is 12.2. The summed E-state index contributed by atoms with van der Waals surface area (Å²) in [7, 11) is 0. The van der Waals surface area contributed by atoms with Gasteiger partial charge in [0.2, 0.25) is 11.8 Å². The van der Waals surface area contributed by atoms with Gasteiger partial charge in [-0.15, -0.1) is 11.3 Å². The summed E-state index contributed by atoms with van der Waals surface area (Å²) in [6.45, 7) is 5.19. The fourth-order valence-electron chi connectivity index (χ4n) is 4.29. The van der Waals surface area contributed by atoms with Crippen molar-refractivity contribution in [3.8, 4) is 0 Å². The third-order valence-corrected chi connectivity index (χ3v) is 6.93. The van der Waals surface area contributed by atoms with Crippen LogP contribution in [0.1, 0.15) is 36.6 Å². The van der Waals surface area contributed by atoms with Crippen LogP contribution < -0.4 is 10.6 Å². The average molecular weight is 398 g/mol. The van der Waals surface area contributed by atoms with E-state index in [1.54, 1.807) is 11.3 Å². The minimum atomic E-state index is -0.0486. The van der Waals surface area contributed by atoms with Crippen LogP contribution in [0.25, 0.3) is 0 Å². The molecule has 28 heavy (non-hydrogen) atoms. The molecule has 4 rings (SSSR count). The van der Waals surface area contributed by atoms with Crippen molar-refractivity contribution in [2.24, 2.45) is 11.3 Å². The fourth-order valence-corrected chi connectivity index (χ4v) is 4.94. The average Bonchev–Trinajstić information content (AvgIpc) is 3.12. The molecular formula is C22H27N3O2S. The lowest BCUT2D eigenvalue weighted by molar-refractivity contribution is -0.123. The van der Waals surface area contributed by atoms with E-state index in [1.165, 1.54) is 17.4 Å². The SMILES string of the molecule is CC(=O)Nc1ccc(CN2CCC3(CC2)C[C@H]3C(=O)NCc2cccs2)cc1. The predicted octanol–water partition coefficient (Wildman–Crippen LogP) is 3.63. The van der Waals surface area contributed by atoms with Crippen molar-refractivity contribution in [3.63, 3.8) is 0 Å². The second-order valence-electron chi connectivity index (χ2n) is 8.07. The predicted molar refractivity (Wildman–Crippen MR) is 112 cm³/mol. The van der Waals surface area contributed by atoms with Crippen molar-refractivity contribution in [1.82, 2.24) is 10.2 Å². The summed E-state index contributed by atoms with van der Waals surface area (Å²) in [6.07, 6.45) is 3.25. The molecule has 1 aromatic carbocycles. The Morgan fingerprint density at radius 3 is 2.57 bits per heavy atom. The summed E-state index contributed by atoms with van der Waals surface area (Å²) in [5.41, 5.74) is 2.33. The maximum absolute atomic E-state index is 12.5. The van der Waals surface area contributed by atoms with Crippen LogP contribution in [-0.4, -0.2) is 29.8 Å². The molecule has 0 radical (unpaired) electrons. The lowest BCUT2D eigenvalue weighted by Gasteiger charge is -2.32. The van der Waals surface area contributed by atoms with E-state index in [1.807, 2.05) is 23.6 Å². The molecule has 1 spiro atoms. The molecule has 2 fully saturated rings. The van der Waals surface area contributed by atoms with Crippen molar-refractivity contribution in [3.05, 3.63) is 52.2 Å². The molecule has 1 aliphatic heterocycles. The van der Waals surface area contributed by atoms with Gasteiger partial charge in [-0.3, -0.25) is 14.5 Å². The minimum absolute atomic E-state index is 0.0486. The zero-order chi connectivity index (χ0) is 19.6. The molecule has 1 saturated carbocycles. The molecule has 1 aromatic heterocycles. The lowest BCUT2D eigenvalue weighted by atomic mass is 9.90. The number of piperidine rings is 1. The third kappa shape index (κ3) is 4.45. The van der Waals surface area contributed by atoms with Crippen molar-refractivity contribution < 1.29 is 9.59 Å². The first-order chi connectivity index (χ1) is 13.5. The Morgan fingerprint density at radius 2 is 1.93 bits per heavy atom. The quantitative estimate of drug-likeness (QED) is 0.783. The number of rotatable bonds is 6. The maximum Gasteiger partial charge on any atom is 0.223 e. The van der Waals surface area contributed by atoms with Crippen molar-refractivity contribution in [1.29, 1.82) is 0 Å². The summed E-state index contributed by atoms with van der Waals surface area (Å²) in [5.74, 6) is 0.384. The number of anilines is 1. The first-order valence-corrected chi connectivity index (χ1v) is 10.8. The normalized spacial score (nSPS) is 20.7. The maximum atomic E-state index is 12.5. The van der Waals surface area contributed by atoms with Gasteiger partial charge in [0.15, 0.2) is 0 Å². The highest BCUT2D eigenvalue weighted by Crippen LogP contribution is 2.59. The highest BCUT2D eigenvalue weighted by molar-refractivity contribution is 7.09. The van der Waals surface area contributed by atoms with E-state index in [2.05, 4.69) is 33.7 Å². The molecule has 1 aliphatic carbocycles. The highest BCUT2D eigenvalue weighted by Gasteiger charge is 2.58. The second-order valence-corrected chi connectivity index (χ2v) is 9.10. The van der Waals surface area contributed by atoms with Crippen LogP contribution in [0.4, 0.5) is 5.69 Å². The Balaban J connectivity index is 1.22.